The van der Waals surface area contributed by atoms with Crippen LogP contribution in [0.3, 0.4) is 0 Å². The fourth-order valence-electron chi connectivity index (χ4n) is 2.38. The van der Waals surface area contributed by atoms with E-state index in [1.165, 1.54) is 13.0 Å². The van der Waals surface area contributed by atoms with Gasteiger partial charge in [-0.2, -0.15) is 0 Å². The number of carbonyl (C=O) groups is 2. The molecule has 0 unspecified atom stereocenters. The van der Waals surface area contributed by atoms with E-state index in [-0.39, 0.29) is 0 Å². The molecule has 1 amide bonds. The molecule has 0 aliphatic rings. The molecule has 1 atom stereocenters. The summed E-state index contributed by atoms with van der Waals surface area (Å²) in [7, 11) is 0. The van der Waals surface area contributed by atoms with Crippen LogP contribution in [0.2, 0.25) is 0 Å². The molecule has 2 N–H and O–H groups in total. The maximum Gasteiger partial charge on any atom is 0.336 e. The SMILES string of the molecule is CCc1cc(=O)oc2c(C)c(O[C@@H](C)C(=O)NCC(=O)O)ccc12. The highest BCUT2D eigenvalue weighted by atomic mass is 16.5. The number of amides is 1. The van der Waals surface area contributed by atoms with E-state index in [9.17, 15) is 14.4 Å². The van der Waals surface area contributed by atoms with E-state index in [1.807, 2.05) is 6.92 Å². The van der Waals surface area contributed by atoms with Crippen molar-refractivity contribution in [2.24, 2.45) is 0 Å². The van der Waals surface area contributed by atoms with Crippen molar-refractivity contribution in [3.05, 3.63) is 39.7 Å². The first kappa shape index (κ1) is 17.5. The van der Waals surface area contributed by atoms with E-state index in [0.717, 1.165) is 10.9 Å². The van der Waals surface area contributed by atoms with Crippen molar-refractivity contribution in [1.82, 2.24) is 5.32 Å². The second-order valence-corrected chi connectivity index (χ2v) is 5.38. The highest BCUT2D eigenvalue weighted by Crippen LogP contribution is 2.29. The maximum atomic E-state index is 11.8. The lowest BCUT2D eigenvalue weighted by Gasteiger charge is -2.16. The molecule has 0 aliphatic carbocycles. The molecule has 0 radical (unpaired) electrons. The first-order valence-corrected chi connectivity index (χ1v) is 7.56. The predicted molar refractivity (Wildman–Crippen MR) is 87.3 cm³/mol. The maximum absolute atomic E-state index is 11.8. The van der Waals surface area contributed by atoms with Crippen LogP contribution < -0.4 is 15.7 Å². The highest BCUT2D eigenvalue weighted by Gasteiger charge is 2.18. The summed E-state index contributed by atoms with van der Waals surface area (Å²) in [4.78, 5) is 34.0. The summed E-state index contributed by atoms with van der Waals surface area (Å²) in [6.07, 6.45) is -0.197. The molecule has 0 bridgehead atoms. The number of benzene rings is 1. The normalized spacial score (nSPS) is 12.0. The van der Waals surface area contributed by atoms with Gasteiger partial charge in [0.1, 0.15) is 17.9 Å². The molecule has 1 heterocycles. The molecule has 7 nitrogen and oxygen atoms in total. The van der Waals surface area contributed by atoms with Crippen LogP contribution in [-0.2, 0) is 16.0 Å². The molecule has 0 saturated carbocycles. The summed E-state index contributed by atoms with van der Waals surface area (Å²) in [5, 5.41) is 11.6. The molecule has 0 saturated heterocycles. The van der Waals surface area contributed by atoms with Gasteiger partial charge in [-0.05, 0) is 38.0 Å². The molecule has 2 rings (SSSR count). The Labute approximate surface area is 138 Å². The van der Waals surface area contributed by atoms with Gasteiger partial charge in [0.05, 0.1) is 0 Å². The monoisotopic (exact) mass is 333 g/mol. The van der Waals surface area contributed by atoms with Crippen molar-refractivity contribution in [2.75, 3.05) is 6.54 Å². The third-order valence-electron chi connectivity index (χ3n) is 3.66. The van der Waals surface area contributed by atoms with Crippen LogP contribution in [0.5, 0.6) is 5.75 Å². The summed E-state index contributed by atoms with van der Waals surface area (Å²) in [5.74, 6) is -1.27. The summed E-state index contributed by atoms with van der Waals surface area (Å²) < 4.78 is 10.9. The van der Waals surface area contributed by atoms with E-state index in [1.54, 1.807) is 19.1 Å². The fourth-order valence-corrected chi connectivity index (χ4v) is 2.38. The van der Waals surface area contributed by atoms with Crippen LogP contribution in [0.1, 0.15) is 25.0 Å². The van der Waals surface area contributed by atoms with Gasteiger partial charge < -0.3 is 19.6 Å². The Morgan fingerprint density at radius 3 is 2.71 bits per heavy atom. The van der Waals surface area contributed by atoms with Crippen LogP contribution >= 0.6 is 0 Å². The molecule has 1 aromatic heterocycles. The zero-order valence-corrected chi connectivity index (χ0v) is 13.7. The number of hydrogen-bond acceptors (Lipinski definition) is 5. The number of hydrogen-bond donors (Lipinski definition) is 2. The molecule has 2 aromatic rings. The van der Waals surface area contributed by atoms with Crippen molar-refractivity contribution >= 4 is 22.8 Å². The van der Waals surface area contributed by atoms with Crippen molar-refractivity contribution in [2.45, 2.75) is 33.3 Å². The van der Waals surface area contributed by atoms with Gasteiger partial charge in [-0.3, -0.25) is 9.59 Å². The average molecular weight is 333 g/mol. The number of nitrogens with one attached hydrogen (secondary N) is 1. The number of aliphatic carboxylic acids is 1. The smallest absolute Gasteiger partial charge is 0.336 e. The molecule has 24 heavy (non-hydrogen) atoms. The van der Waals surface area contributed by atoms with Crippen molar-refractivity contribution in [3.63, 3.8) is 0 Å². The van der Waals surface area contributed by atoms with Gasteiger partial charge in [-0.15, -0.1) is 0 Å². The molecule has 128 valence electrons. The number of carbonyl (C=O) groups excluding carboxylic acids is 1. The van der Waals surface area contributed by atoms with Gasteiger partial charge in [0.15, 0.2) is 6.10 Å². The predicted octanol–water partition coefficient (Wildman–Crippen LogP) is 1.63. The van der Waals surface area contributed by atoms with E-state index < -0.39 is 30.2 Å². The summed E-state index contributed by atoms with van der Waals surface area (Å²) in [5.41, 5.74) is 1.47. The number of rotatable bonds is 6. The second kappa shape index (κ2) is 7.16. The zero-order chi connectivity index (χ0) is 17.9. The standard InChI is InChI=1S/C17H19NO6/c1-4-11-7-15(21)24-16-9(2)13(6-5-12(11)16)23-10(3)17(22)18-8-14(19)20/h5-7,10H,4,8H2,1-3H3,(H,18,22)(H,19,20)/t10-/m0/s1. The van der Waals surface area contributed by atoms with Gasteiger partial charge in [0, 0.05) is 17.0 Å². The second-order valence-electron chi connectivity index (χ2n) is 5.38. The van der Waals surface area contributed by atoms with Gasteiger partial charge in [-0.25, -0.2) is 4.79 Å². The van der Waals surface area contributed by atoms with Crippen LogP contribution in [0, 0.1) is 6.92 Å². The quantitative estimate of drug-likeness (QED) is 0.778. The lowest BCUT2D eigenvalue weighted by molar-refractivity contribution is -0.139. The summed E-state index contributed by atoms with van der Waals surface area (Å²) in [6.45, 7) is 4.72. The van der Waals surface area contributed by atoms with Crippen LogP contribution in [0.4, 0.5) is 0 Å². The number of ether oxygens (including phenoxy) is 1. The van der Waals surface area contributed by atoms with E-state index in [2.05, 4.69) is 5.32 Å². The first-order chi connectivity index (χ1) is 11.3. The first-order valence-electron chi connectivity index (χ1n) is 7.56. The van der Waals surface area contributed by atoms with Crippen LogP contribution in [0.15, 0.2) is 27.4 Å². The van der Waals surface area contributed by atoms with Crippen LogP contribution in [0.25, 0.3) is 11.0 Å². The van der Waals surface area contributed by atoms with E-state index in [4.69, 9.17) is 14.3 Å². The number of carboxylic acid groups (broad SMARTS) is 1. The lowest BCUT2D eigenvalue weighted by atomic mass is 10.0. The number of aryl methyl sites for hydroxylation is 2. The topological polar surface area (TPSA) is 106 Å². The average Bonchev–Trinajstić information content (AvgIpc) is 2.54. The Kier molecular flexibility index (Phi) is 5.23. The van der Waals surface area contributed by atoms with Gasteiger partial charge in [0.25, 0.3) is 5.91 Å². The van der Waals surface area contributed by atoms with Gasteiger partial charge in [-0.1, -0.05) is 6.92 Å². The Balaban J connectivity index is 2.30. The molecule has 0 spiro atoms. The number of fused-ring (bicyclic) bond motifs is 1. The van der Waals surface area contributed by atoms with Gasteiger partial charge >= 0.3 is 11.6 Å². The largest absolute Gasteiger partial charge is 0.480 e. The molecular weight excluding hydrogens is 314 g/mol. The molecule has 7 heteroatoms. The summed E-state index contributed by atoms with van der Waals surface area (Å²) >= 11 is 0. The Hall–Kier alpha value is -2.83. The Morgan fingerprint density at radius 1 is 1.38 bits per heavy atom. The Morgan fingerprint density at radius 2 is 2.08 bits per heavy atom. The van der Waals surface area contributed by atoms with E-state index in [0.29, 0.717) is 23.3 Å². The van der Waals surface area contributed by atoms with E-state index >= 15 is 0 Å². The van der Waals surface area contributed by atoms with Crippen molar-refractivity contribution in [1.29, 1.82) is 0 Å². The molecular formula is C17H19NO6. The third kappa shape index (κ3) is 3.73. The third-order valence-corrected chi connectivity index (χ3v) is 3.66. The minimum Gasteiger partial charge on any atom is -0.480 e. The minimum absolute atomic E-state index is 0.400. The summed E-state index contributed by atoms with van der Waals surface area (Å²) in [6, 6.07) is 4.95. The highest BCUT2D eigenvalue weighted by molar-refractivity contribution is 5.86. The molecule has 0 aliphatic heterocycles. The fraction of sp³-hybridized carbons (Fsp3) is 0.353. The Bertz CT molecular complexity index is 839. The van der Waals surface area contributed by atoms with Crippen molar-refractivity contribution < 1.29 is 23.8 Å². The zero-order valence-electron chi connectivity index (χ0n) is 13.7. The lowest BCUT2D eigenvalue weighted by Crippen LogP contribution is -2.39. The minimum atomic E-state index is -1.13. The van der Waals surface area contributed by atoms with Crippen molar-refractivity contribution in [3.8, 4) is 5.75 Å². The molecule has 1 aromatic carbocycles. The molecule has 0 fully saturated rings. The van der Waals surface area contributed by atoms with Gasteiger partial charge in [0.2, 0.25) is 0 Å². The number of carboxylic acids is 1. The van der Waals surface area contributed by atoms with Crippen LogP contribution in [-0.4, -0.2) is 29.6 Å².